The summed E-state index contributed by atoms with van der Waals surface area (Å²) in [5.74, 6) is 0.852. The summed E-state index contributed by atoms with van der Waals surface area (Å²) in [6, 6.07) is 7.99. The van der Waals surface area contributed by atoms with Gasteiger partial charge in [0, 0.05) is 34.3 Å². The van der Waals surface area contributed by atoms with E-state index in [2.05, 4.69) is 4.98 Å². The first-order valence-electron chi connectivity index (χ1n) is 6.88. The van der Waals surface area contributed by atoms with E-state index in [1.807, 2.05) is 44.4 Å². The molecule has 2 aromatic rings. The molecule has 1 aromatic carbocycles. The average molecular weight is 303 g/mol. The van der Waals surface area contributed by atoms with E-state index in [4.69, 9.17) is 4.74 Å². The van der Waals surface area contributed by atoms with Gasteiger partial charge in [-0.15, -0.1) is 11.8 Å². The highest BCUT2D eigenvalue weighted by Gasteiger charge is 2.15. The maximum absolute atomic E-state index is 10.4. The van der Waals surface area contributed by atoms with Crippen LogP contribution in [0.4, 0.5) is 0 Å². The van der Waals surface area contributed by atoms with Gasteiger partial charge in [-0.05, 0) is 37.8 Å². The summed E-state index contributed by atoms with van der Waals surface area (Å²) in [6.07, 6.45) is 3.77. The quantitative estimate of drug-likeness (QED) is 0.855. The van der Waals surface area contributed by atoms with Crippen LogP contribution >= 0.6 is 11.8 Å². The second kappa shape index (κ2) is 6.96. The lowest BCUT2D eigenvalue weighted by Crippen LogP contribution is -2.07. The molecule has 1 aromatic heterocycles. The molecule has 1 unspecified atom stereocenters. The fraction of sp³-hybridized carbons (Fsp3) is 0.353. The van der Waals surface area contributed by atoms with E-state index < -0.39 is 6.10 Å². The van der Waals surface area contributed by atoms with Crippen LogP contribution in [-0.2, 0) is 6.42 Å². The molecule has 0 saturated carbocycles. The number of ether oxygens (including phenoxy) is 1. The summed E-state index contributed by atoms with van der Waals surface area (Å²) in [5.41, 5.74) is 3.79. The number of aryl methyl sites for hydroxylation is 1. The minimum Gasteiger partial charge on any atom is -0.496 e. The summed E-state index contributed by atoms with van der Waals surface area (Å²) in [4.78, 5) is 5.63. The summed E-state index contributed by atoms with van der Waals surface area (Å²) in [6.45, 7) is 3.96. The molecule has 0 spiro atoms. The normalized spacial score (nSPS) is 12.2. The molecule has 0 saturated heterocycles. The number of thioether (sulfide) groups is 1. The van der Waals surface area contributed by atoms with Crippen LogP contribution in [0, 0.1) is 13.8 Å². The van der Waals surface area contributed by atoms with Crippen LogP contribution in [0.15, 0.2) is 35.4 Å². The van der Waals surface area contributed by atoms with Crippen molar-refractivity contribution in [2.75, 3.05) is 13.4 Å². The Morgan fingerprint density at radius 1 is 1.24 bits per heavy atom. The Labute approximate surface area is 130 Å². The van der Waals surface area contributed by atoms with Crippen molar-refractivity contribution in [2.45, 2.75) is 31.3 Å². The van der Waals surface area contributed by atoms with E-state index in [0.29, 0.717) is 6.42 Å². The minimum absolute atomic E-state index is 0.487. The molecule has 0 aliphatic carbocycles. The van der Waals surface area contributed by atoms with Gasteiger partial charge in [-0.25, -0.2) is 0 Å². The number of aliphatic hydroxyl groups is 1. The van der Waals surface area contributed by atoms with Crippen molar-refractivity contribution in [3.05, 3.63) is 52.8 Å². The van der Waals surface area contributed by atoms with Gasteiger partial charge in [-0.1, -0.05) is 12.1 Å². The van der Waals surface area contributed by atoms with Crippen LogP contribution < -0.4 is 4.74 Å². The van der Waals surface area contributed by atoms with Gasteiger partial charge in [0.05, 0.1) is 13.2 Å². The van der Waals surface area contributed by atoms with Crippen molar-refractivity contribution in [2.24, 2.45) is 0 Å². The molecule has 21 heavy (non-hydrogen) atoms. The topological polar surface area (TPSA) is 42.4 Å². The van der Waals surface area contributed by atoms with Gasteiger partial charge in [0.2, 0.25) is 0 Å². The fourth-order valence-electron chi connectivity index (χ4n) is 2.40. The van der Waals surface area contributed by atoms with Gasteiger partial charge in [-0.3, -0.25) is 4.98 Å². The Hall–Kier alpha value is -1.52. The Morgan fingerprint density at radius 2 is 1.90 bits per heavy atom. The van der Waals surface area contributed by atoms with Crippen molar-refractivity contribution in [3.8, 4) is 5.75 Å². The molecule has 1 N–H and O–H groups in total. The molecule has 0 amide bonds. The van der Waals surface area contributed by atoms with Gasteiger partial charge >= 0.3 is 0 Å². The van der Waals surface area contributed by atoms with Crippen molar-refractivity contribution in [1.29, 1.82) is 0 Å². The SMILES string of the molecule is COc1c(C)cnc(CC(O)c2ccc(SC)cc2)c1C. The van der Waals surface area contributed by atoms with Crippen LogP contribution in [0.1, 0.15) is 28.5 Å². The van der Waals surface area contributed by atoms with Crippen LogP contribution in [-0.4, -0.2) is 23.5 Å². The molecule has 112 valence electrons. The van der Waals surface area contributed by atoms with Gasteiger partial charge in [-0.2, -0.15) is 0 Å². The van der Waals surface area contributed by atoms with Crippen molar-refractivity contribution in [1.82, 2.24) is 4.98 Å². The lowest BCUT2D eigenvalue weighted by Gasteiger charge is -2.15. The largest absolute Gasteiger partial charge is 0.496 e. The highest BCUT2D eigenvalue weighted by atomic mass is 32.2. The number of nitrogens with zero attached hydrogens (tertiary/aromatic N) is 1. The Balaban J connectivity index is 2.20. The predicted molar refractivity (Wildman–Crippen MR) is 87.1 cm³/mol. The zero-order chi connectivity index (χ0) is 15.4. The monoisotopic (exact) mass is 303 g/mol. The fourth-order valence-corrected chi connectivity index (χ4v) is 2.81. The second-order valence-corrected chi connectivity index (χ2v) is 5.92. The molecular weight excluding hydrogens is 282 g/mol. The molecule has 0 fully saturated rings. The van der Waals surface area contributed by atoms with Crippen LogP contribution in [0.25, 0.3) is 0 Å². The number of methoxy groups -OCH3 is 1. The number of pyridine rings is 1. The van der Waals surface area contributed by atoms with Crippen molar-refractivity contribution >= 4 is 11.8 Å². The molecule has 1 atom stereocenters. The molecule has 0 radical (unpaired) electrons. The standard InChI is InChI=1S/C17H21NO2S/c1-11-10-18-15(12(2)17(11)20-3)9-16(19)13-5-7-14(21-4)8-6-13/h5-8,10,16,19H,9H2,1-4H3. The van der Waals surface area contributed by atoms with Crippen LogP contribution in [0.5, 0.6) is 5.75 Å². The smallest absolute Gasteiger partial charge is 0.128 e. The molecule has 4 heteroatoms. The summed E-state index contributed by atoms with van der Waals surface area (Å²) in [5, 5.41) is 10.4. The van der Waals surface area contributed by atoms with E-state index in [1.54, 1.807) is 25.1 Å². The number of aromatic nitrogens is 1. The zero-order valence-electron chi connectivity index (χ0n) is 12.9. The number of benzene rings is 1. The zero-order valence-corrected chi connectivity index (χ0v) is 13.7. The summed E-state index contributed by atoms with van der Waals surface area (Å²) >= 11 is 1.69. The van der Waals surface area contributed by atoms with E-state index in [1.165, 1.54) is 4.90 Å². The molecule has 2 rings (SSSR count). The lowest BCUT2D eigenvalue weighted by atomic mass is 10.0. The third-order valence-electron chi connectivity index (χ3n) is 3.64. The molecule has 0 aliphatic heterocycles. The highest BCUT2D eigenvalue weighted by Crippen LogP contribution is 2.27. The molecule has 1 heterocycles. The number of hydrogen-bond donors (Lipinski definition) is 1. The van der Waals surface area contributed by atoms with Crippen molar-refractivity contribution < 1.29 is 9.84 Å². The third-order valence-corrected chi connectivity index (χ3v) is 4.38. The minimum atomic E-state index is -0.556. The van der Waals surface area contributed by atoms with Gasteiger partial charge in [0.25, 0.3) is 0 Å². The first-order chi connectivity index (χ1) is 10.1. The van der Waals surface area contributed by atoms with Crippen LogP contribution in [0.2, 0.25) is 0 Å². The van der Waals surface area contributed by atoms with Gasteiger partial charge in [0.15, 0.2) is 0 Å². The predicted octanol–water partition coefficient (Wildman–Crippen LogP) is 3.71. The van der Waals surface area contributed by atoms with E-state index in [0.717, 1.165) is 28.1 Å². The molecule has 3 nitrogen and oxygen atoms in total. The first kappa shape index (κ1) is 15.9. The van der Waals surface area contributed by atoms with Crippen molar-refractivity contribution in [3.63, 3.8) is 0 Å². The molecule has 0 aliphatic rings. The summed E-state index contributed by atoms with van der Waals surface area (Å²) in [7, 11) is 1.66. The third kappa shape index (κ3) is 3.57. The summed E-state index contributed by atoms with van der Waals surface area (Å²) < 4.78 is 5.41. The molecule has 0 bridgehead atoms. The van der Waals surface area contributed by atoms with Gasteiger partial charge in [0.1, 0.15) is 5.75 Å². The second-order valence-electron chi connectivity index (χ2n) is 5.04. The van der Waals surface area contributed by atoms with E-state index >= 15 is 0 Å². The highest BCUT2D eigenvalue weighted by molar-refractivity contribution is 7.98. The Kier molecular flexibility index (Phi) is 5.26. The maximum Gasteiger partial charge on any atom is 0.128 e. The Morgan fingerprint density at radius 3 is 2.48 bits per heavy atom. The van der Waals surface area contributed by atoms with Crippen LogP contribution in [0.3, 0.4) is 0 Å². The number of aliphatic hydroxyl groups excluding tert-OH is 1. The Bertz CT molecular complexity index is 611. The molecular formula is C17H21NO2S. The number of rotatable bonds is 5. The van der Waals surface area contributed by atoms with Gasteiger partial charge < -0.3 is 9.84 Å². The average Bonchev–Trinajstić information content (AvgIpc) is 2.50. The van der Waals surface area contributed by atoms with E-state index in [-0.39, 0.29) is 0 Å². The maximum atomic E-state index is 10.4. The van der Waals surface area contributed by atoms with E-state index in [9.17, 15) is 5.11 Å². The first-order valence-corrected chi connectivity index (χ1v) is 8.10. The lowest BCUT2D eigenvalue weighted by molar-refractivity contribution is 0.177. The number of hydrogen-bond acceptors (Lipinski definition) is 4.